The first-order valence-electron chi connectivity index (χ1n) is 16.9. The maximum Gasteiger partial charge on any atom is 0.120 e. The lowest BCUT2D eigenvalue weighted by Crippen LogP contribution is -2.27. The molecule has 4 atom stereocenters. The van der Waals surface area contributed by atoms with Gasteiger partial charge in [0.1, 0.15) is 5.75 Å². The Balaban J connectivity index is 1.52. The third kappa shape index (κ3) is 7.96. The summed E-state index contributed by atoms with van der Waals surface area (Å²) in [5, 5.41) is 23.6. The second-order valence-electron chi connectivity index (χ2n) is 14.3. The normalized spacial score (nSPS) is 23.9. The second kappa shape index (κ2) is 14.1. The van der Waals surface area contributed by atoms with E-state index in [9.17, 15) is 10.2 Å². The number of unbranched alkanes of at least 4 members (excludes halogenated alkanes) is 2. The topological polar surface area (TPSA) is 49.7 Å². The summed E-state index contributed by atoms with van der Waals surface area (Å²) >= 11 is 0. The smallest absolute Gasteiger partial charge is 0.120 e. The van der Waals surface area contributed by atoms with Crippen molar-refractivity contribution in [1.82, 2.24) is 0 Å². The maximum atomic E-state index is 12.0. The van der Waals surface area contributed by atoms with Crippen LogP contribution in [0.3, 0.4) is 0 Å². The van der Waals surface area contributed by atoms with Gasteiger partial charge in [-0.2, -0.15) is 0 Å². The summed E-state index contributed by atoms with van der Waals surface area (Å²) in [5.41, 5.74) is 1.74. The van der Waals surface area contributed by atoms with Gasteiger partial charge in [-0.1, -0.05) is 110 Å². The van der Waals surface area contributed by atoms with E-state index < -0.39 is 11.2 Å². The van der Waals surface area contributed by atoms with Crippen LogP contribution in [0, 0.1) is 17.3 Å². The first-order valence-corrected chi connectivity index (χ1v) is 16.9. The summed E-state index contributed by atoms with van der Waals surface area (Å²) in [6, 6.07) is 17.2. The van der Waals surface area contributed by atoms with Crippen LogP contribution < -0.4 is 4.74 Å². The minimum Gasteiger partial charge on any atom is -0.494 e. The van der Waals surface area contributed by atoms with Crippen LogP contribution in [-0.2, 0) is 11.2 Å². The fourth-order valence-electron chi connectivity index (χ4n) is 7.75. The molecular formula is C38H58O3. The van der Waals surface area contributed by atoms with Crippen LogP contribution in [0.25, 0.3) is 0 Å². The number of aliphatic hydroxyl groups is 2. The van der Waals surface area contributed by atoms with Gasteiger partial charge >= 0.3 is 0 Å². The van der Waals surface area contributed by atoms with Gasteiger partial charge in [-0.3, -0.25) is 0 Å². The predicted molar refractivity (Wildman–Crippen MR) is 171 cm³/mol. The van der Waals surface area contributed by atoms with E-state index in [1.165, 1.54) is 44.1 Å². The summed E-state index contributed by atoms with van der Waals surface area (Å²) < 4.78 is 6.53. The van der Waals surface area contributed by atoms with E-state index >= 15 is 0 Å². The molecule has 2 aliphatic carbocycles. The largest absolute Gasteiger partial charge is 0.494 e. The first kappa shape index (κ1) is 32.1. The molecule has 0 radical (unpaired) electrons. The number of ether oxygens (including phenoxy) is 1. The van der Waals surface area contributed by atoms with E-state index in [1.807, 2.05) is 0 Å². The minimum atomic E-state index is -0.841. The molecule has 0 amide bonds. The molecule has 228 valence electrons. The molecule has 0 heterocycles. The molecule has 3 nitrogen and oxygen atoms in total. The van der Waals surface area contributed by atoms with Gasteiger partial charge < -0.3 is 14.9 Å². The monoisotopic (exact) mass is 562 g/mol. The molecule has 0 saturated heterocycles. The predicted octanol–water partition coefficient (Wildman–Crippen LogP) is 10.0. The van der Waals surface area contributed by atoms with Crippen molar-refractivity contribution < 1.29 is 14.9 Å². The molecule has 2 aromatic rings. The highest BCUT2D eigenvalue weighted by molar-refractivity contribution is 5.41. The van der Waals surface area contributed by atoms with E-state index in [2.05, 4.69) is 83.1 Å². The third-order valence-corrected chi connectivity index (χ3v) is 10.8. The molecule has 2 saturated carbocycles. The van der Waals surface area contributed by atoms with E-state index in [4.69, 9.17) is 4.74 Å². The third-order valence-electron chi connectivity index (χ3n) is 10.8. The van der Waals surface area contributed by atoms with Gasteiger partial charge in [0.15, 0.2) is 0 Å². The van der Waals surface area contributed by atoms with Gasteiger partial charge in [-0.25, -0.2) is 0 Å². The Bertz CT molecular complexity index is 1070. The average Bonchev–Trinajstić information content (AvgIpc) is 3.59. The minimum absolute atomic E-state index is 0.0894. The van der Waals surface area contributed by atoms with Crippen molar-refractivity contribution in [2.24, 2.45) is 17.3 Å². The highest BCUT2D eigenvalue weighted by atomic mass is 16.5. The Morgan fingerprint density at radius 1 is 0.878 bits per heavy atom. The molecule has 0 aromatic heterocycles. The number of hydrogen-bond donors (Lipinski definition) is 2. The second-order valence-corrected chi connectivity index (χ2v) is 14.3. The molecule has 2 aromatic carbocycles. The van der Waals surface area contributed by atoms with Crippen LogP contribution in [0.15, 0.2) is 48.5 Å². The van der Waals surface area contributed by atoms with Crippen LogP contribution in [0.1, 0.15) is 147 Å². The summed E-state index contributed by atoms with van der Waals surface area (Å²) in [6.07, 6.45) is 14.6. The first-order chi connectivity index (χ1) is 19.6. The van der Waals surface area contributed by atoms with E-state index in [-0.39, 0.29) is 5.41 Å². The van der Waals surface area contributed by atoms with E-state index in [0.717, 1.165) is 68.2 Å². The zero-order valence-electron chi connectivity index (χ0n) is 26.8. The molecule has 2 fully saturated rings. The summed E-state index contributed by atoms with van der Waals surface area (Å²) in [5.74, 6) is 2.47. The van der Waals surface area contributed by atoms with Crippen molar-refractivity contribution in [1.29, 1.82) is 0 Å². The summed E-state index contributed by atoms with van der Waals surface area (Å²) in [7, 11) is 0. The zero-order valence-corrected chi connectivity index (χ0v) is 26.8. The van der Waals surface area contributed by atoms with Gasteiger partial charge in [-0.05, 0) is 103 Å². The van der Waals surface area contributed by atoms with Gasteiger partial charge in [0, 0.05) is 0 Å². The van der Waals surface area contributed by atoms with Crippen molar-refractivity contribution in [2.75, 3.05) is 6.61 Å². The van der Waals surface area contributed by atoms with Gasteiger partial charge in [0.25, 0.3) is 0 Å². The Morgan fingerprint density at radius 2 is 1.51 bits per heavy atom. The molecule has 2 N–H and O–H groups in total. The van der Waals surface area contributed by atoms with Gasteiger partial charge in [-0.15, -0.1) is 0 Å². The Morgan fingerprint density at radius 3 is 2.17 bits per heavy atom. The number of benzene rings is 2. The maximum absolute atomic E-state index is 12.0. The van der Waals surface area contributed by atoms with E-state index in [0.29, 0.717) is 24.4 Å². The van der Waals surface area contributed by atoms with Crippen LogP contribution >= 0.6 is 0 Å². The molecule has 0 bridgehead atoms. The Hall–Kier alpha value is -1.84. The lowest BCUT2D eigenvalue weighted by atomic mass is 9.70. The summed E-state index contributed by atoms with van der Waals surface area (Å²) in [4.78, 5) is 0. The lowest BCUT2D eigenvalue weighted by molar-refractivity contribution is 0.0324. The zero-order chi connectivity index (χ0) is 29.5. The van der Waals surface area contributed by atoms with Crippen molar-refractivity contribution >= 4 is 0 Å². The van der Waals surface area contributed by atoms with Crippen molar-refractivity contribution in [3.05, 3.63) is 65.2 Å². The fraction of sp³-hybridized carbons (Fsp3) is 0.684. The summed E-state index contributed by atoms with van der Waals surface area (Å²) in [6.45, 7) is 12.3. The van der Waals surface area contributed by atoms with Gasteiger partial charge in [0.05, 0.1) is 17.8 Å². The fourth-order valence-corrected chi connectivity index (χ4v) is 7.75. The quantitative estimate of drug-likeness (QED) is 0.227. The van der Waals surface area contributed by atoms with Gasteiger partial charge in [0.2, 0.25) is 0 Å². The molecule has 41 heavy (non-hydrogen) atoms. The van der Waals surface area contributed by atoms with Crippen molar-refractivity contribution in [2.45, 2.75) is 142 Å². The standard InChI is InChI=1S/C38H58O3/c1-6-8-15-29(3)31-19-22-38(40,28-31)33-25-32(37(39)20-13-14-21-37)26-34(27-33)41-24-23-36(4,5)35(18-9-7-2)30-16-11-10-12-17-30/h10-12,16-17,25-27,29,31,35,39-40H,6-9,13-15,18-24,28H2,1-5H3. The number of hydrogen-bond acceptors (Lipinski definition) is 3. The molecule has 4 rings (SSSR count). The van der Waals surface area contributed by atoms with E-state index in [1.54, 1.807) is 0 Å². The SMILES string of the molecule is CCCCC(C)C1CCC(O)(c2cc(OCCC(C)(C)C(CCCC)c3ccccc3)cc(C3(O)CCCC3)c2)C1. The van der Waals surface area contributed by atoms with Crippen LogP contribution in [0.2, 0.25) is 0 Å². The molecule has 0 spiro atoms. The van der Waals surface area contributed by atoms with Crippen molar-refractivity contribution in [3.8, 4) is 5.75 Å². The number of rotatable bonds is 15. The molecule has 3 heteroatoms. The van der Waals surface area contributed by atoms with Crippen LogP contribution in [0.4, 0.5) is 0 Å². The average molecular weight is 563 g/mol. The van der Waals surface area contributed by atoms with Crippen LogP contribution in [-0.4, -0.2) is 16.8 Å². The molecular weight excluding hydrogens is 504 g/mol. The highest BCUT2D eigenvalue weighted by Gasteiger charge is 2.42. The molecule has 4 unspecified atom stereocenters. The van der Waals surface area contributed by atoms with Crippen LogP contribution in [0.5, 0.6) is 5.75 Å². The van der Waals surface area contributed by atoms with Crippen molar-refractivity contribution in [3.63, 3.8) is 0 Å². The highest BCUT2D eigenvalue weighted by Crippen LogP contribution is 2.49. The molecule has 2 aliphatic rings. The molecule has 0 aliphatic heterocycles. The Labute approximate surface area is 251 Å². The Kier molecular flexibility index (Phi) is 11.0. The lowest BCUT2D eigenvalue weighted by Gasteiger charge is -2.35.